The molecule has 0 aliphatic carbocycles. The van der Waals surface area contributed by atoms with E-state index in [9.17, 15) is 0 Å². The van der Waals surface area contributed by atoms with Gasteiger partial charge in [-0.05, 0) is 39.3 Å². The summed E-state index contributed by atoms with van der Waals surface area (Å²) in [4.78, 5) is 8.95. The Morgan fingerprint density at radius 2 is 1.86 bits per heavy atom. The molecule has 0 amide bonds. The van der Waals surface area contributed by atoms with Crippen molar-refractivity contribution in [3.8, 4) is 0 Å². The summed E-state index contributed by atoms with van der Waals surface area (Å²) in [6, 6.07) is 2.64. The second-order valence-electron chi connectivity index (χ2n) is 6.77. The SMILES string of the molecule is Cc1cc(CNC(C)c2sc(C(C)(C)C)nc2C)sc1C. The zero-order valence-corrected chi connectivity index (χ0v) is 15.8. The topological polar surface area (TPSA) is 24.9 Å². The number of nitrogens with zero attached hydrogens (tertiary/aromatic N) is 1. The lowest BCUT2D eigenvalue weighted by molar-refractivity contribution is 0.580. The molecule has 2 nitrogen and oxygen atoms in total. The highest BCUT2D eigenvalue weighted by Crippen LogP contribution is 2.32. The van der Waals surface area contributed by atoms with E-state index in [2.05, 4.69) is 59.8 Å². The number of nitrogens with one attached hydrogen (secondary N) is 1. The molecule has 2 rings (SSSR count). The summed E-state index contributed by atoms with van der Waals surface area (Å²) in [6.07, 6.45) is 0. The minimum absolute atomic E-state index is 0.134. The standard InChI is InChI=1S/C17H26N2S2/c1-10-8-14(20-13(10)4)9-18-11(2)15-12(3)19-16(21-15)17(5,6)7/h8,11,18H,9H2,1-7H3. The van der Waals surface area contributed by atoms with Crippen molar-refractivity contribution in [1.29, 1.82) is 0 Å². The van der Waals surface area contributed by atoms with E-state index in [1.54, 1.807) is 0 Å². The molecule has 116 valence electrons. The summed E-state index contributed by atoms with van der Waals surface area (Å²) in [5.41, 5.74) is 2.70. The Hall–Kier alpha value is -0.710. The normalized spacial score (nSPS) is 13.7. The minimum Gasteiger partial charge on any atom is -0.304 e. The fourth-order valence-corrected chi connectivity index (χ4v) is 4.37. The van der Waals surface area contributed by atoms with Gasteiger partial charge in [0.1, 0.15) is 0 Å². The van der Waals surface area contributed by atoms with Crippen LogP contribution in [0.15, 0.2) is 6.07 Å². The van der Waals surface area contributed by atoms with E-state index >= 15 is 0 Å². The third kappa shape index (κ3) is 3.93. The van der Waals surface area contributed by atoms with E-state index in [4.69, 9.17) is 4.98 Å². The maximum atomic E-state index is 4.76. The molecule has 1 atom stereocenters. The molecular formula is C17H26N2S2. The summed E-state index contributed by atoms with van der Waals surface area (Å²) in [5.74, 6) is 0. The number of thiophene rings is 1. The van der Waals surface area contributed by atoms with Crippen molar-refractivity contribution < 1.29 is 0 Å². The molecular weight excluding hydrogens is 296 g/mol. The molecule has 0 fully saturated rings. The van der Waals surface area contributed by atoms with E-state index in [0.29, 0.717) is 6.04 Å². The smallest absolute Gasteiger partial charge is 0.0985 e. The third-order valence-corrected chi connectivity index (χ3v) is 6.59. The first kappa shape index (κ1) is 16.7. The fraction of sp³-hybridized carbons (Fsp3) is 0.588. The molecule has 1 N–H and O–H groups in total. The summed E-state index contributed by atoms with van der Waals surface area (Å²) < 4.78 is 0. The molecule has 2 heterocycles. The van der Waals surface area contributed by atoms with Crippen LogP contribution in [-0.4, -0.2) is 4.98 Å². The largest absolute Gasteiger partial charge is 0.304 e. The van der Waals surface area contributed by atoms with Gasteiger partial charge in [-0.3, -0.25) is 0 Å². The van der Waals surface area contributed by atoms with Crippen LogP contribution in [0.5, 0.6) is 0 Å². The highest BCUT2D eigenvalue weighted by Gasteiger charge is 2.22. The van der Waals surface area contributed by atoms with Gasteiger partial charge in [0.25, 0.3) is 0 Å². The predicted octanol–water partition coefficient (Wildman–Crippen LogP) is 5.28. The van der Waals surface area contributed by atoms with Crippen molar-refractivity contribution in [3.63, 3.8) is 0 Å². The number of aryl methyl sites for hydroxylation is 3. The van der Waals surface area contributed by atoms with Crippen LogP contribution in [0.4, 0.5) is 0 Å². The Labute approximate surface area is 136 Å². The maximum Gasteiger partial charge on any atom is 0.0985 e. The van der Waals surface area contributed by atoms with E-state index in [-0.39, 0.29) is 5.41 Å². The van der Waals surface area contributed by atoms with Crippen molar-refractivity contribution in [2.45, 2.75) is 66.5 Å². The quantitative estimate of drug-likeness (QED) is 0.828. The Balaban J connectivity index is 2.06. The van der Waals surface area contributed by atoms with Gasteiger partial charge in [0.2, 0.25) is 0 Å². The molecule has 0 aromatic carbocycles. The van der Waals surface area contributed by atoms with Crippen LogP contribution in [0, 0.1) is 20.8 Å². The lowest BCUT2D eigenvalue weighted by atomic mass is 9.98. The Morgan fingerprint density at radius 3 is 2.33 bits per heavy atom. The second kappa shape index (κ2) is 6.19. The molecule has 0 aliphatic heterocycles. The molecule has 21 heavy (non-hydrogen) atoms. The molecule has 0 aliphatic rings. The molecule has 1 unspecified atom stereocenters. The van der Waals surface area contributed by atoms with Crippen molar-refractivity contribution in [3.05, 3.63) is 37.0 Å². The monoisotopic (exact) mass is 322 g/mol. The molecule has 0 radical (unpaired) electrons. The average molecular weight is 323 g/mol. The van der Waals surface area contributed by atoms with Gasteiger partial charge >= 0.3 is 0 Å². The van der Waals surface area contributed by atoms with Crippen LogP contribution >= 0.6 is 22.7 Å². The van der Waals surface area contributed by atoms with Crippen LogP contribution in [0.1, 0.15) is 64.6 Å². The highest BCUT2D eigenvalue weighted by molar-refractivity contribution is 7.12. The van der Waals surface area contributed by atoms with E-state index in [1.165, 1.54) is 30.9 Å². The zero-order chi connectivity index (χ0) is 15.8. The van der Waals surface area contributed by atoms with Crippen molar-refractivity contribution in [1.82, 2.24) is 10.3 Å². The summed E-state index contributed by atoms with van der Waals surface area (Å²) in [5, 5.41) is 4.87. The van der Waals surface area contributed by atoms with Gasteiger partial charge < -0.3 is 5.32 Å². The maximum absolute atomic E-state index is 4.76. The van der Waals surface area contributed by atoms with Crippen LogP contribution in [-0.2, 0) is 12.0 Å². The van der Waals surface area contributed by atoms with Gasteiger partial charge in [0.05, 0.1) is 10.7 Å². The molecule has 0 spiro atoms. The molecule has 2 aromatic rings. The van der Waals surface area contributed by atoms with Crippen molar-refractivity contribution >= 4 is 22.7 Å². The van der Waals surface area contributed by atoms with Gasteiger partial charge in [0, 0.05) is 32.6 Å². The zero-order valence-electron chi connectivity index (χ0n) is 14.1. The Morgan fingerprint density at radius 1 is 1.19 bits per heavy atom. The highest BCUT2D eigenvalue weighted by atomic mass is 32.1. The van der Waals surface area contributed by atoms with Crippen LogP contribution in [0.2, 0.25) is 0 Å². The summed E-state index contributed by atoms with van der Waals surface area (Å²) in [6.45, 7) is 16.3. The predicted molar refractivity (Wildman–Crippen MR) is 94.6 cm³/mol. The number of hydrogen-bond acceptors (Lipinski definition) is 4. The van der Waals surface area contributed by atoms with Crippen molar-refractivity contribution in [2.24, 2.45) is 0 Å². The molecule has 4 heteroatoms. The molecule has 0 saturated carbocycles. The van der Waals surface area contributed by atoms with E-state index < -0.39 is 0 Å². The van der Waals surface area contributed by atoms with E-state index in [0.717, 1.165) is 6.54 Å². The number of rotatable bonds is 4. The molecule has 2 aromatic heterocycles. The Bertz CT molecular complexity index is 598. The number of thiazole rings is 1. The van der Waals surface area contributed by atoms with Crippen LogP contribution in [0.25, 0.3) is 0 Å². The lowest BCUT2D eigenvalue weighted by Crippen LogP contribution is -2.17. The summed E-state index contributed by atoms with van der Waals surface area (Å²) in [7, 11) is 0. The van der Waals surface area contributed by atoms with Crippen molar-refractivity contribution in [2.75, 3.05) is 0 Å². The van der Waals surface area contributed by atoms with Gasteiger partial charge in [0.15, 0.2) is 0 Å². The van der Waals surface area contributed by atoms with Gasteiger partial charge in [-0.2, -0.15) is 0 Å². The van der Waals surface area contributed by atoms with Crippen LogP contribution in [0.3, 0.4) is 0 Å². The molecule has 0 bridgehead atoms. The van der Waals surface area contributed by atoms with E-state index in [1.807, 2.05) is 22.7 Å². The van der Waals surface area contributed by atoms with Gasteiger partial charge in [-0.25, -0.2) is 4.98 Å². The van der Waals surface area contributed by atoms with Gasteiger partial charge in [-0.1, -0.05) is 20.8 Å². The average Bonchev–Trinajstić information content (AvgIpc) is 2.90. The minimum atomic E-state index is 0.134. The number of hydrogen-bond donors (Lipinski definition) is 1. The first-order valence-electron chi connectivity index (χ1n) is 7.45. The Kier molecular flexibility index (Phi) is 4.91. The lowest BCUT2D eigenvalue weighted by Gasteiger charge is -2.14. The fourth-order valence-electron chi connectivity index (χ4n) is 2.21. The van der Waals surface area contributed by atoms with Gasteiger partial charge in [-0.15, -0.1) is 22.7 Å². The first-order valence-corrected chi connectivity index (χ1v) is 9.09. The number of aromatic nitrogens is 1. The third-order valence-electron chi connectivity index (χ3n) is 3.67. The second-order valence-corrected chi connectivity index (χ2v) is 9.14. The first-order chi connectivity index (χ1) is 9.68. The van der Waals surface area contributed by atoms with Crippen LogP contribution < -0.4 is 5.32 Å². The molecule has 0 saturated heterocycles. The summed E-state index contributed by atoms with van der Waals surface area (Å²) >= 11 is 3.74.